The van der Waals surface area contributed by atoms with Crippen LogP contribution in [0.1, 0.15) is 39.7 Å². The summed E-state index contributed by atoms with van der Waals surface area (Å²) in [5.74, 6) is 1.02. The first-order valence-corrected chi connectivity index (χ1v) is 6.58. The number of benzene rings is 1. The molecule has 0 saturated heterocycles. The lowest BCUT2D eigenvalue weighted by Gasteiger charge is -2.28. The van der Waals surface area contributed by atoms with Crippen molar-refractivity contribution in [1.29, 1.82) is 0 Å². The van der Waals surface area contributed by atoms with Crippen LogP contribution in [0.3, 0.4) is 0 Å². The molecule has 2 rings (SSSR count). The van der Waals surface area contributed by atoms with Crippen molar-refractivity contribution in [3.63, 3.8) is 0 Å². The average molecular weight is 242 g/mol. The summed E-state index contributed by atoms with van der Waals surface area (Å²) in [4.78, 5) is 4.76. The molecular weight excluding hydrogens is 220 g/mol. The molecule has 0 radical (unpaired) electrons. The Kier molecular flexibility index (Phi) is 3.55. The van der Waals surface area contributed by atoms with E-state index in [4.69, 9.17) is 4.99 Å². The number of hydrogen-bond donors (Lipinski definition) is 1. The highest BCUT2D eigenvalue weighted by molar-refractivity contribution is 6.23. The van der Waals surface area contributed by atoms with Gasteiger partial charge < -0.3 is 5.32 Å². The lowest BCUT2D eigenvalue weighted by Crippen LogP contribution is -2.42. The summed E-state index contributed by atoms with van der Waals surface area (Å²) in [5.41, 5.74) is 2.49. The van der Waals surface area contributed by atoms with Gasteiger partial charge in [0.25, 0.3) is 0 Å². The van der Waals surface area contributed by atoms with Crippen LogP contribution in [0.5, 0.6) is 0 Å². The minimum Gasteiger partial charge on any atom is -0.365 e. The van der Waals surface area contributed by atoms with Gasteiger partial charge in [0.15, 0.2) is 0 Å². The molecule has 1 aliphatic heterocycles. The summed E-state index contributed by atoms with van der Waals surface area (Å²) in [6, 6.07) is 10.8. The van der Waals surface area contributed by atoms with Gasteiger partial charge in [-0.05, 0) is 39.7 Å². The number of aliphatic imine (C=N–C) groups is 1. The van der Waals surface area contributed by atoms with Gasteiger partial charge in [0, 0.05) is 11.1 Å². The second-order valence-corrected chi connectivity index (χ2v) is 5.92. The van der Waals surface area contributed by atoms with Crippen molar-refractivity contribution >= 4 is 11.4 Å². The van der Waals surface area contributed by atoms with E-state index in [0.29, 0.717) is 6.04 Å². The average Bonchev–Trinajstić information content (AvgIpc) is 2.28. The summed E-state index contributed by atoms with van der Waals surface area (Å²) in [5, 5.41) is 3.52. The Morgan fingerprint density at radius 2 is 1.83 bits per heavy atom. The van der Waals surface area contributed by atoms with Gasteiger partial charge in [0.1, 0.15) is 5.84 Å². The predicted octanol–water partition coefficient (Wildman–Crippen LogP) is 3.65. The van der Waals surface area contributed by atoms with E-state index < -0.39 is 0 Å². The third-order valence-corrected chi connectivity index (χ3v) is 2.85. The van der Waals surface area contributed by atoms with Crippen LogP contribution in [-0.2, 0) is 0 Å². The molecule has 1 N–H and O–H groups in total. The maximum atomic E-state index is 4.76. The van der Waals surface area contributed by atoms with Crippen molar-refractivity contribution in [2.24, 2.45) is 4.99 Å². The monoisotopic (exact) mass is 242 g/mol. The molecule has 1 atom stereocenters. The van der Waals surface area contributed by atoms with Gasteiger partial charge in [0.05, 0.1) is 6.04 Å². The molecule has 2 nitrogen and oxygen atoms in total. The van der Waals surface area contributed by atoms with Crippen LogP contribution in [0.4, 0.5) is 0 Å². The molecule has 1 heterocycles. The normalized spacial score (nSPS) is 20.1. The first-order chi connectivity index (χ1) is 8.46. The predicted molar refractivity (Wildman–Crippen MR) is 78.8 cm³/mol. The molecule has 0 spiro atoms. The number of dihydropyridines is 1. The van der Waals surface area contributed by atoms with Crippen LogP contribution in [0.15, 0.2) is 41.4 Å². The van der Waals surface area contributed by atoms with Crippen LogP contribution < -0.4 is 5.32 Å². The van der Waals surface area contributed by atoms with E-state index in [0.717, 1.165) is 12.3 Å². The van der Waals surface area contributed by atoms with Gasteiger partial charge in [-0.25, -0.2) is 0 Å². The highest BCUT2D eigenvalue weighted by Gasteiger charge is 2.20. The molecule has 1 aromatic rings. The first-order valence-electron chi connectivity index (χ1n) is 6.58. The second kappa shape index (κ2) is 4.97. The number of amidine groups is 1. The molecule has 96 valence electrons. The Bertz CT molecular complexity index is 464. The molecular formula is C16H22N2. The zero-order valence-corrected chi connectivity index (χ0v) is 11.7. The Hall–Kier alpha value is -1.57. The van der Waals surface area contributed by atoms with Crippen LogP contribution in [0.2, 0.25) is 0 Å². The fraction of sp³-hybridized carbons (Fsp3) is 0.438. The lowest BCUT2D eigenvalue weighted by molar-refractivity contribution is 0.510. The van der Waals surface area contributed by atoms with Gasteiger partial charge in [-0.3, -0.25) is 4.99 Å². The highest BCUT2D eigenvalue weighted by Crippen LogP contribution is 2.22. The summed E-state index contributed by atoms with van der Waals surface area (Å²) < 4.78 is 0. The quantitative estimate of drug-likeness (QED) is 0.798. The second-order valence-electron chi connectivity index (χ2n) is 5.92. The summed E-state index contributed by atoms with van der Waals surface area (Å²) in [6.45, 7) is 8.65. The van der Waals surface area contributed by atoms with Crippen molar-refractivity contribution in [3.05, 3.63) is 42.0 Å². The third kappa shape index (κ3) is 3.22. The van der Waals surface area contributed by atoms with Crippen LogP contribution in [0.25, 0.3) is 5.57 Å². The molecule has 0 amide bonds. The van der Waals surface area contributed by atoms with E-state index in [-0.39, 0.29) is 5.54 Å². The van der Waals surface area contributed by atoms with E-state index in [2.05, 4.69) is 63.4 Å². The summed E-state index contributed by atoms with van der Waals surface area (Å²) in [7, 11) is 0. The molecule has 0 bridgehead atoms. The van der Waals surface area contributed by atoms with Crippen molar-refractivity contribution in [3.8, 4) is 0 Å². The number of nitrogens with zero attached hydrogens (tertiary/aromatic N) is 1. The largest absolute Gasteiger partial charge is 0.365 e. The Balaban J connectivity index is 2.31. The molecule has 18 heavy (non-hydrogen) atoms. The SMILES string of the molecule is CC1CC=C(c2ccccc2)C(NC(C)(C)C)=N1. The number of rotatable bonds is 1. The van der Waals surface area contributed by atoms with E-state index in [1.54, 1.807) is 0 Å². The van der Waals surface area contributed by atoms with Crippen molar-refractivity contribution in [1.82, 2.24) is 5.32 Å². The lowest BCUT2D eigenvalue weighted by atomic mass is 9.98. The van der Waals surface area contributed by atoms with Gasteiger partial charge in [0.2, 0.25) is 0 Å². The molecule has 0 fully saturated rings. The molecule has 1 unspecified atom stereocenters. The first kappa shape index (κ1) is 12.9. The third-order valence-electron chi connectivity index (χ3n) is 2.85. The van der Waals surface area contributed by atoms with Gasteiger partial charge in [-0.2, -0.15) is 0 Å². The van der Waals surface area contributed by atoms with Crippen molar-refractivity contribution < 1.29 is 0 Å². The van der Waals surface area contributed by atoms with E-state index >= 15 is 0 Å². The molecule has 2 heteroatoms. The van der Waals surface area contributed by atoms with Crippen LogP contribution in [0, 0.1) is 0 Å². The van der Waals surface area contributed by atoms with Crippen molar-refractivity contribution in [2.75, 3.05) is 0 Å². The van der Waals surface area contributed by atoms with Crippen LogP contribution in [-0.4, -0.2) is 17.4 Å². The zero-order valence-electron chi connectivity index (χ0n) is 11.7. The fourth-order valence-electron chi connectivity index (χ4n) is 2.05. The molecule has 1 aromatic carbocycles. The molecule has 1 aliphatic rings. The van der Waals surface area contributed by atoms with Gasteiger partial charge >= 0.3 is 0 Å². The maximum Gasteiger partial charge on any atom is 0.129 e. The van der Waals surface area contributed by atoms with Crippen LogP contribution >= 0.6 is 0 Å². The Labute approximate surface area is 110 Å². The maximum absolute atomic E-state index is 4.76. The Morgan fingerprint density at radius 3 is 2.44 bits per heavy atom. The molecule has 0 saturated carbocycles. The highest BCUT2D eigenvalue weighted by atomic mass is 15.1. The summed E-state index contributed by atoms with van der Waals surface area (Å²) >= 11 is 0. The van der Waals surface area contributed by atoms with E-state index in [1.807, 2.05) is 6.07 Å². The topological polar surface area (TPSA) is 24.4 Å². The molecule has 0 aromatic heterocycles. The van der Waals surface area contributed by atoms with Crippen molar-refractivity contribution in [2.45, 2.75) is 45.7 Å². The van der Waals surface area contributed by atoms with Gasteiger partial charge in [-0.15, -0.1) is 0 Å². The Morgan fingerprint density at radius 1 is 1.17 bits per heavy atom. The number of hydrogen-bond acceptors (Lipinski definition) is 2. The summed E-state index contributed by atoms with van der Waals surface area (Å²) in [6.07, 6.45) is 3.31. The van der Waals surface area contributed by atoms with Gasteiger partial charge in [-0.1, -0.05) is 36.4 Å². The van der Waals surface area contributed by atoms with E-state index in [9.17, 15) is 0 Å². The number of nitrogens with one attached hydrogen (secondary N) is 1. The fourth-order valence-corrected chi connectivity index (χ4v) is 2.05. The minimum atomic E-state index is 0.0315. The van der Waals surface area contributed by atoms with E-state index in [1.165, 1.54) is 11.1 Å². The standard InChI is InChI=1S/C16H22N2/c1-12-10-11-14(13-8-6-5-7-9-13)15(17-12)18-16(2,3)4/h5-9,11-12H,10H2,1-4H3,(H,17,18). The zero-order chi connectivity index (χ0) is 13.2. The molecule has 0 aliphatic carbocycles. The minimum absolute atomic E-state index is 0.0315. The smallest absolute Gasteiger partial charge is 0.129 e.